The van der Waals surface area contributed by atoms with Crippen molar-refractivity contribution in [2.24, 2.45) is 17.8 Å². The zero-order chi connectivity index (χ0) is 24.9. The van der Waals surface area contributed by atoms with Crippen molar-refractivity contribution in [3.05, 3.63) is 59.4 Å². The Balaban J connectivity index is 1.15. The van der Waals surface area contributed by atoms with Crippen molar-refractivity contribution >= 4 is 16.7 Å². The first-order chi connectivity index (χ1) is 18.2. The largest absolute Gasteiger partial charge is 0.369 e. The molecule has 1 aromatic carbocycles. The van der Waals surface area contributed by atoms with E-state index in [9.17, 15) is 4.39 Å². The Hall–Kier alpha value is -2.44. The van der Waals surface area contributed by atoms with Gasteiger partial charge in [0.05, 0.1) is 12.7 Å². The second kappa shape index (κ2) is 9.70. The van der Waals surface area contributed by atoms with E-state index in [0.29, 0.717) is 12.1 Å². The van der Waals surface area contributed by atoms with Crippen LogP contribution in [0.1, 0.15) is 61.9 Å². The molecule has 4 fully saturated rings. The predicted molar refractivity (Wildman–Crippen MR) is 148 cm³/mol. The Morgan fingerprint density at radius 2 is 2.00 bits per heavy atom. The van der Waals surface area contributed by atoms with Crippen LogP contribution in [0, 0.1) is 17.8 Å². The first kappa shape index (κ1) is 23.7. The van der Waals surface area contributed by atoms with Crippen LogP contribution in [0.3, 0.4) is 0 Å². The van der Waals surface area contributed by atoms with Gasteiger partial charge in [-0.25, -0.2) is 4.98 Å². The maximum absolute atomic E-state index is 12.9. The molecule has 196 valence electrons. The summed E-state index contributed by atoms with van der Waals surface area (Å²) in [6, 6.07) is 14.6. The van der Waals surface area contributed by atoms with Crippen molar-refractivity contribution in [1.29, 1.82) is 0 Å². The van der Waals surface area contributed by atoms with Crippen LogP contribution in [0.5, 0.6) is 0 Å². The van der Waals surface area contributed by atoms with Crippen LogP contribution in [-0.4, -0.2) is 64.7 Å². The van der Waals surface area contributed by atoms with Gasteiger partial charge in [-0.2, -0.15) is 0 Å². The van der Waals surface area contributed by atoms with Gasteiger partial charge in [0.1, 0.15) is 5.82 Å². The van der Waals surface area contributed by atoms with E-state index in [2.05, 4.69) is 69.6 Å². The van der Waals surface area contributed by atoms with Gasteiger partial charge in [0.25, 0.3) is 0 Å². The first-order valence-electron chi connectivity index (χ1n) is 14.5. The molecule has 3 saturated carbocycles. The van der Waals surface area contributed by atoms with Gasteiger partial charge in [-0.3, -0.25) is 9.29 Å². The number of fused-ring (bicyclic) bond motifs is 5. The number of para-hydroxylation sites is 1. The van der Waals surface area contributed by atoms with Crippen molar-refractivity contribution in [2.75, 3.05) is 38.2 Å². The van der Waals surface area contributed by atoms with Gasteiger partial charge in [-0.05, 0) is 87.1 Å². The summed E-state index contributed by atoms with van der Waals surface area (Å²) in [4.78, 5) is 14.0. The fraction of sp³-hybridized carbons (Fsp3) is 0.581. The zero-order valence-corrected chi connectivity index (χ0v) is 22.0. The van der Waals surface area contributed by atoms with E-state index in [1.165, 1.54) is 53.4 Å². The molecule has 0 spiro atoms. The van der Waals surface area contributed by atoms with E-state index >= 15 is 0 Å². The third-order valence-electron chi connectivity index (χ3n) is 9.92. The monoisotopic (exact) mass is 501 g/mol. The molecule has 2 N–H and O–H groups in total. The molecule has 2 aliphatic heterocycles. The number of nitrogens with zero attached hydrogens (tertiary/aromatic N) is 3. The summed E-state index contributed by atoms with van der Waals surface area (Å²) in [7, 11) is 0. The number of nitrogens with one attached hydrogen (secondary N) is 2. The summed E-state index contributed by atoms with van der Waals surface area (Å²) in [6.07, 6.45) is 9.76. The zero-order valence-electron chi connectivity index (χ0n) is 22.0. The average Bonchev–Trinajstić information content (AvgIpc) is 3.52. The molecule has 4 atom stereocenters. The molecule has 0 radical (unpaired) electrons. The Labute approximate surface area is 219 Å². The molecule has 4 heterocycles. The van der Waals surface area contributed by atoms with Crippen molar-refractivity contribution in [1.82, 2.24) is 19.8 Å². The normalized spacial score (nSPS) is 31.8. The highest BCUT2D eigenvalue weighted by molar-refractivity contribution is 5.85. The van der Waals surface area contributed by atoms with Crippen molar-refractivity contribution < 1.29 is 4.39 Å². The molecule has 3 aliphatic carbocycles. The van der Waals surface area contributed by atoms with Crippen LogP contribution in [0.2, 0.25) is 0 Å². The molecule has 1 unspecified atom stereocenters. The van der Waals surface area contributed by atoms with Crippen LogP contribution in [0.25, 0.3) is 10.9 Å². The molecule has 2 aromatic heterocycles. The number of alkyl halides is 1. The van der Waals surface area contributed by atoms with Crippen molar-refractivity contribution in [3.63, 3.8) is 0 Å². The predicted octanol–water partition coefficient (Wildman–Crippen LogP) is 5.79. The molecular weight excluding hydrogens is 461 g/mol. The molecular formula is C31H40FN5. The minimum absolute atomic E-state index is 0.190. The summed E-state index contributed by atoms with van der Waals surface area (Å²) in [5.74, 6) is 2.99. The number of benzene rings is 1. The van der Waals surface area contributed by atoms with Crippen molar-refractivity contribution in [3.8, 4) is 0 Å². The molecule has 3 aromatic rings. The second-order valence-electron chi connectivity index (χ2n) is 12.2. The third kappa shape index (κ3) is 4.26. The van der Waals surface area contributed by atoms with E-state index in [4.69, 9.17) is 4.98 Å². The SMILES string of the molecule is C[C@@H]1Cc2c([nH]c3ccccc23)[C@@H](c2ccc(NCCN3CCC(CF)C3)nc2)N1[C@@H]1CCC2CC1C2. The topological polar surface area (TPSA) is 47.2 Å². The summed E-state index contributed by atoms with van der Waals surface area (Å²) in [5, 5.41) is 4.88. The molecule has 8 rings (SSSR count). The van der Waals surface area contributed by atoms with Gasteiger partial charge in [-0.15, -0.1) is 0 Å². The van der Waals surface area contributed by atoms with E-state index in [1.807, 2.05) is 0 Å². The third-order valence-corrected chi connectivity index (χ3v) is 9.92. The van der Waals surface area contributed by atoms with Crippen LogP contribution < -0.4 is 5.32 Å². The lowest BCUT2D eigenvalue weighted by Crippen LogP contribution is -2.56. The molecule has 0 amide bonds. The highest BCUT2D eigenvalue weighted by Gasteiger charge is 2.48. The number of likely N-dealkylation sites (tertiary alicyclic amines) is 1. The smallest absolute Gasteiger partial charge is 0.125 e. The number of anilines is 1. The minimum atomic E-state index is -0.190. The maximum atomic E-state index is 12.9. The highest BCUT2D eigenvalue weighted by atomic mass is 19.1. The van der Waals surface area contributed by atoms with Crippen LogP contribution in [0.4, 0.5) is 10.2 Å². The fourth-order valence-corrected chi connectivity index (χ4v) is 7.96. The Morgan fingerprint density at radius 3 is 2.76 bits per heavy atom. The number of pyridine rings is 1. The number of hydrogen-bond donors (Lipinski definition) is 2. The van der Waals surface area contributed by atoms with Gasteiger partial charge >= 0.3 is 0 Å². The van der Waals surface area contributed by atoms with Crippen LogP contribution in [0.15, 0.2) is 42.6 Å². The minimum Gasteiger partial charge on any atom is -0.369 e. The summed E-state index contributed by atoms with van der Waals surface area (Å²) in [6.45, 7) is 5.93. The molecule has 5 aliphatic rings. The number of rotatable bonds is 7. The molecule has 1 saturated heterocycles. The quantitative estimate of drug-likeness (QED) is 0.430. The Morgan fingerprint density at radius 1 is 1.11 bits per heavy atom. The van der Waals surface area contributed by atoms with Gasteiger partial charge in [-0.1, -0.05) is 24.3 Å². The van der Waals surface area contributed by atoms with E-state index in [0.717, 1.165) is 56.7 Å². The maximum Gasteiger partial charge on any atom is 0.125 e. The standard InChI is InChI=1S/C31H40FN5/c1-20-14-26-25-4-2-3-5-27(25)35-30(26)31(37(20)28-8-6-21-15-24(28)16-21)23-7-9-29(34-18-23)33-11-13-36-12-10-22(17-32)19-36/h2-5,7,9,18,20-22,24,28,31,35H,6,8,10-17,19H2,1H3,(H,33,34)/t20-,21?,22?,24?,28-,31-/m1/s1. The lowest BCUT2D eigenvalue weighted by atomic mass is 9.61. The summed E-state index contributed by atoms with van der Waals surface area (Å²) in [5.41, 5.74) is 5.41. The first-order valence-corrected chi connectivity index (χ1v) is 14.5. The van der Waals surface area contributed by atoms with Crippen LogP contribution in [-0.2, 0) is 6.42 Å². The van der Waals surface area contributed by atoms with E-state index < -0.39 is 0 Å². The molecule has 37 heavy (non-hydrogen) atoms. The van der Waals surface area contributed by atoms with E-state index in [-0.39, 0.29) is 18.6 Å². The number of hydrogen-bond acceptors (Lipinski definition) is 4. The molecule has 2 bridgehead atoms. The lowest BCUT2D eigenvalue weighted by molar-refractivity contribution is -0.0356. The summed E-state index contributed by atoms with van der Waals surface area (Å²) >= 11 is 0. The molecule has 6 heteroatoms. The lowest BCUT2D eigenvalue weighted by Gasteiger charge is -2.55. The Kier molecular flexibility index (Phi) is 6.20. The number of H-pyrrole nitrogens is 1. The van der Waals surface area contributed by atoms with Gasteiger partial charge in [0, 0.05) is 60.4 Å². The fourth-order valence-electron chi connectivity index (χ4n) is 7.96. The van der Waals surface area contributed by atoms with Gasteiger partial charge < -0.3 is 15.2 Å². The Bertz CT molecular complexity index is 1230. The number of aromatic nitrogens is 2. The van der Waals surface area contributed by atoms with E-state index in [1.54, 1.807) is 0 Å². The van der Waals surface area contributed by atoms with Gasteiger partial charge in [0.15, 0.2) is 0 Å². The second-order valence-corrected chi connectivity index (χ2v) is 12.2. The molecule has 5 nitrogen and oxygen atoms in total. The number of aromatic amines is 1. The van der Waals surface area contributed by atoms with Gasteiger partial charge in [0.2, 0.25) is 0 Å². The average molecular weight is 502 g/mol. The van der Waals surface area contributed by atoms with Crippen LogP contribution >= 0.6 is 0 Å². The highest BCUT2D eigenvalue weighted by Crippen LogP contribution is 2.52. The van der Waals surface area contributed by atoms with Crippen molar-refractivity contribution in [2.45, 2.75) is 63.6 Å². The summed E-state index contributed by atoms with van der Waals surface area (Å²) < 4.78 is 12.9. The number of halogens is 1.